The highest BCUT2D eigenvalue weighted by molar-refractivity contribution is 6.22. The molecule has 25 heavy (non-hydrogen) atoms. The zero-order chi connectivity index (χ0) is 18.6. The van der Waals surface area contributed by atoms with E-state index in [9.17, 15) is 19.2 Å². The molecule has 3 N–H and O–H groups in total. The first-order valence-corrected chi connectivity index (χ1v) is 7.99. The molecule has 8 nitrogen and oxygen atoms in total. The Morgan fingerprint density at radius 3 is 2.16 bits per heavy atom. The number of carbonyl (C=O) groups excluding carboxylic acids is 3. The summed E-state index contributed by atoms with van der Waals surface area (Å²) in [6, 6.07) is 4.00. The molecule has 1 aromatic carbocycles. The van der Waals surface area contributed by atoms with Gasteiger partial charge in [0.1, 0.15) is 12.1 Å². The number of fused-ring (bicyclic) bond motifs is 1. The molecule has 1 aliphatic heterocycles. The molecule has 1 heterocycles. The minimum Gasteiger partial charge on any atom is -0.480 e. The molecule has 0 aliphatic carbocycles. The number of unbranched alkanes of at least 4 members (excludes halogenated alkanes) is 1. The van der Waals surface area contributed by atoms with Gasteiger partial charge in [-0.25, -0.2) is 0 Å². The molecule has 8 heteroatoms. The van der Waals surface area contributed by atoms with Crippen LogP contribution in [-0.2, 0) is 9.59 Å². The predicted octanol–water partition coefficient (Wildman–Crippen LogP) is 0.403. The van der Waals surface area contributed by atoms with E-state index < -0.39 is 35.8 Å². The van der Waals surface area contributed by atoms with Crippen molar-refractivity contribution in [1.82, 2.24) is 10.2 Å². The van der Waals surface area contributed by atoms with Crippen LogP contribution >= 0.6 is 0 Å². The van der Waals surface area contributed by atoms with Crippen LogP contribution in [0, 0.1) is 0 Å². The van der Waals surface area contributed by atoms with E-state index in [1.807, 2.05) is 0 Å². The van der Waals surface area contributed by atoms with Gasteiger partial charge >= 0.3 is 5.97 Å². The Hall–Kier alpha value is -2.74. The van der Waals surface area contributed by atoms with Crippen molar-refractivity contribution < 1.29 is 29.4 Å². The van der Waals surface area contributed by atoms with Gasteiger partial charge in [-0.2, -0.15) is 0 Å². The van der Waals surface area contributed by atoms with Gasteiger partial charge in [0.25, 0.3) is 11.8 Å². The zero-order valence-corrected chi connectivity index (χ0v) is 13.8. The SMILES string of the molecule is C[C@H](NC(=O)C(CCCCO)N1C(=O)c2ccccc2C1=O)C(=O)O. The number of aliphatic carboxylic acids is 1. The smallest absolute Gasteiger partial charge is 0.325 e. The third-order valence-electron chi connectivity index (χ3n) is 4.05. The summed E-state index contributed by atoms with van der Waals surface area (Å²) in [4.78, 5) is 49.5. The predicted molar refractivity (Wildman–Crippen MR) is 86.9 cm³/mol. The summed E-state index contributed by atoms with van der Waals surface area (Å²) in [7, 11) is 0. The second kappa shape index (κ2) is 7.89. The maximum absolute atomic E-state index is 12.6. The number of hydrogen-bond acceptors (Lipinski definition) is 5. The first-order chi connectivity index (χ1) is 11.9. The maximum atomic E-state index is 12.6. The van der Waals surface area contributed by atoms with E-state index in [2.05, 4.69) is 5.32 Å². The summed E-state index contributed by atoms with van der Waals surface area (Å²) in [5.74, 6) is -3.08. The standard InChI is InChI=1S/C17H20N2O6/c1-10(17(24)25)18-14(21)13(8-4-5-9-20)19-15(22)11-6-2-3-7-12(11)16(19)23/h2-3,6-7,10,13,20H,4-5,8-9H2,1H3,(H,18,21)(H,24,25)/t10-,13?/m0/s1. The number of hydrogen-bond donors (Lipinski definition) is 3. The first kappa shape index (κ1) is 18.6. The second-order valence-electron chi connectivity index (χ2n) is 5.83. The summed E-state index contributed by atoms with van der Waals surface area (Å²) < 4.78 is 0. The zero-order valence-electron chi connectivity index (χ0n) is 13.8. The molecule has 1 aliphatic rings. The van der Waals surface area contributed by atoms with Crippen molar-refractivity contribution in [2.45, 2.75) is 38.3 Å². The lowest BCUT2D eigenvalue weighted by Crippen LogP contribution is -2.52. The van der Waals surface area contributed by atoms with Crippen LogP contribution in [-0.4, -0.2) is 57.5 Å². The normalized spacial score (nSPS) is 15.7. The quantitative estimate of drug-likeness (QED) is 0.461. The highest BCUT2D eigenvalue weighted by Crippen LogP contribution is 2.26. The number of imide groups is 1. The fraction of sp³-hybridized carbons (Fsp3) is 0.412. The Morgan fingerprint density at radius 1 is 1.12 bits per heavy atom. The van der Waals surface area contributed by atoms with Crippen molar-refractivity contribution in [2.24, 2.45) is 0 Å². The number of rotatable bonds is 8. The number of carboxylic acid groups (broad SMARTS) is 1. The molecule has 134 valence electrons. The third-order valence-corrected chi connectivity index (χ3v) is 4.05. The van der Waals surface area contributed by atoms with E-state index in [-0.39, 0.29) is 24.2 Å². The third kappa shape index (κ3) is 3.85. The van der Waals surface area contributed by atoms with Gasteiger partial charge in [-0.3, -0.25) is 24.1 Å². The van der Waals surface area contributed by atoms with Crippen LogP contribution in [0.1, 0.15) is 46.9 Å². The monoisotopic (exact) mass is 348 g/mol. The topological polar surface area (TPSA) is 124 Å². The van der Waals surface area contributed by atoms with Crippen LogP contribution in [0.15, 0.2) is 24.3 Å². The van der Waals surface area contributed by atoms with Gasteiger partial charge in [0.05, 0.1) is 11.1 Å². The van der Waals surface area contributed by atoms with E-state index in [1.54, 1.807) is 12.1 Å². The Morgan fingerprint density at radius 2 is 1.68 bits per heavy atom. The van der Waals surface area contributed by atoms with Crippen molar-refractivity contribution in [3.8, 4) is 0 Å². The summed E-state index contributed by atoms with van der Waals surface area (Å²) in [5, 5.41) is 20.2. The first-order valence-electron chi connectivity index (χ1n) is 7.99. The second-order valence-corrected chi connectivity index (χ2v) is 5.83. The lowest BCUT2D eigenvalue weighted by molar-refractivity contribution is -0.141. The van der Waals surface area contributed by atoms with Gasteiger partial charge in [-0.15, -0.1) is 0 Å². The number of aliphatic hydroxyl groups excluding tert-OH is 1. The number of carboxylic acids is 1. The summed E-state index contributed by atoms with van der Waals surface area (Å²) in [6.07, 6.45) is 0.953. The number of benzene rings is 1. The number of carbonyl (C=O) groups is 4. The van der Waals surface area contributed by atoms with Gasteiger partial charge in [0.15, 0.2) is 0 Å². The molecule has 0 saturated carbocycles. The number of aliphatic hydroxyl groups is 1. The largest absolute Gasteiger partial charge is 0.480 e. The van der Waals surface area contributed by atoms with Gasteiger partial charge in [0, 0.05) is 6.61 Å². The van der Waals surface area contributed by atoms with Gasteiger partial charge in [0.2, 0.25) is 5.91 Å². The molecule has 2 rings (SSSR count). The number of amides is 3. The fourth-order valence-corrected chi connectivity index (χ4v) is 2.69. The van der Waals surface area contributed by atoms with Crippen LogP contribution in [0.25, 0.3) is 0 Å². The fourth-order valence-electron chi connectivity index (χ4n) is 2.69. The average Bonchev–Trinajstić information content (AvgIpc) is 2.83. The minimum atomic E-state index is -1.22. The van der Waals surface area contributed by atoms with Crippen LogP contribution in [0.5, 0.6) is 0 Å². The minimum absolute atomic E-state index is 0.0814. The van der Waals surface area contributed by atoms with Crippen molar-refractivity contribution in [1.29, 1.82) is 0 Å². The van der Waals surface area contributed by atoms with Crippen LogP contribution < -0.4 is 5.32 Å². The van der Waals surface area contributed by atoms with E-state index in [0.717, 1.165) is 4.90 Å². The van der Waals surface area contributed by atoms with Gasteiger partial charge < -0.3 is 15.5 Å². The lowest BCUT2D eigenvalue weighted by Gasteiger charge is -2.26. The molecular weight excluding hydrogens is 328 g/mol. The van der Waals surface area contributed by atoms with Crippen LogP contribution in [0.3, 0.4) is 0 Å². The lowest BCUT2D eigenvalue weighted by atomic mass is 10.1. The Bertz CT molecular complexity index is 667. The van der Waals surface area contributed by atoms with Crippen molar-refractivity contribution in [3.63, 3.8) is 0 Å². The average molecular weight is 348 g/mol. The highest BCUT2D eigenvalue weighted by atomic mass is 16.4. The molecule has 0 bridgehead atoms. The summed E-state index contributed by atoms with van der Waals surface area (Å²) in [5.41, 5.74) is 0.442. The molecular formula is C17H20N2O6. The molecule has 0 aromatic heterocycles. The van der Waals surface area contributed by atoms with Gasteiger partial charge in [-0.1, -0.05) is 12.1 Å². The summed E-state index contributed by atoms with van der Waals surface area (Å²) in [6.45, 7) is 1.22. The molecule has 0 spiro atoms. The summed E-state index contributed by atoms with van der Waals surface area (Å²) >= 11 is 0. The molecule has 3 amide bonds. The van der Waals surface area contributed by atoms with Crippen molar-refractivity contribution in [2.75, 3.05) is 6.61 Å². The Labute approximate surface area is 144 Å². The van der Waals surface area contributed by atoms with Crippen molar-refractivity contribution in [3.05, 3.63) is 35.4 Å². The van der Waals surface area contributed by atoms with Crippen LogP contribution in [0.2, 0.25) is 0 Å². The molecule has 0 radical (unpaired) electrons. The molecule has 0 fully saturated rings. The van der Waals surface area contributed by atoms with Gasteiger partial charge in [-0.05, 0) is 38.3 Å². The van der Waals surface area contributed by atoms with Crippen molar-refractivity contribution >= 4 is 23.7 Å². The van der Waals surface area contributed by atoms with Crippen LogP contribution in [0.4, 0.5) is 0 Å². The van der Waals surface area contributed by atoms with E-state index >= 15 is 0 Å². The Kier molecular flexibility index (Phi) is 5.87. The molecule has 1 unspecified atom stereocenters. The van der Waals surface area contributed by atoms with E-state index in [4.69, 9.17) is 10.2 Å². The molecule has 1 aromatic rings. The maximum Gasteiger partial charge on any atom is 0.325 e. The number of nitrogens with one attached hydrogen (secondary N) is 1. The Balaban J connectivity index is 2.26. The molecule has 0 saturated heterocycles. The highest BCUT2D eigenvalue weighted by Gasteiger charge is 2.42. The number of nitrogens with zero attached hydrogens (tertiary/aromatic N) is 1. The molecule has 2 atom stereocenters. The van der Waals surface area contributed by atoms with E-state index in [1.165, 1.54) is 19.1 Å². The van der Waals surface area contributed by atoms with E-state index in [0.29, 0.717) is 12.8 Å².